The number of hydrogen-bond acceptors (Lipinski definition) is 10. The molecule has 10 heteroatoms. The highest BCUT2D eigenvalue weighted by molar-refractivity contribution is 6.08. The van der Waals surface area contributed by atoms with Crippen LogP contribution in [-0.4, -0.2) is 80.8 Å². The van der Waals surface area contributed by atoms with E-state index in [0.717, 1.165) is 0 Å². The Morgan fingerprint density at radius 2 is 1.89 bits per heavy atom. The summed E-state index contributed by atoms with van der Waals surface area (Å²) in [4.78, 5) is 13.1. The molecule has 38 heavy (non-hydrogen) atoms. The number of ketones is 1. The molecule has 0 spiro atoms. The second-order valence-corrected chi connectivity index (χ2v) is 10.2. The number of aryl methyl sites for hydroxylation is 1. The normalized spacial score (nSPS) is 34.9. The average Bonchev–Trinajstić information content (AvgIpc) is 2.87. The van der Waals surface area contributed by atoms with Gasteiger partial charge in [-0.2, -0.15) is 0 Å². The third-order valence-electron chi connectivity index (χ3n) is 7.67. The summed E-state index contributed by atoms with van der Waals surface area (Å²) in [5, 5.41) is 56.1. The Labute approximate surface area is 219 Å². The topological polar surface area (TPSA) is 172 Å². The Kier molecular flexibility index (Phi) is 6.86. The van der Waals surface area contributed by atoms with Gasteiger partial charge in [-0.05, 0) is 30.4 Å². The van der Waals surface area contributed by atoms with Crippen molar-refractivity contribution in [1.82, 2.24) is 0 Å². The number of phenolic OH excluding ortho intramolecular Hbond substituents is 1. The number of aliphatic hydroxyl groups is 4. The molecule has 5 rings (SSSR count). The standard InChI is InChI=1S/C28H31NO9/c1-13-9-14-10-17(36-2)12-19-21(14)22(31)20(13)18(30)6-4-3-5-15-11-16(29)7-8-28(15,35)26-24(33)23(32)25(34)27(37-19)38-26/h7-10,12,15-16,23-27,31-35H,5-6,11,29H2,1-2H3. The maximum absolute atomic E-state index is 13.1. The van der Waals surface area contributed by atoms with Gasteiger partial charge in [-0.15, -0.1) is 5.92 Å². The summed E-state index contributed by atoms with van der Waals surface area (Å²) in [5.74, 6) is 4.76. The number of rotatable bonds is 1. The van der Waals surface area contributed by atoms with Crippen molar-refractivity contribution in [2.24, 2.45) is 11.7 Å². The number of carbonyl (C=O) groups excluding carboxylic acids is 1. The second-order valence-electron chi connectivity index (χ2n) is 10.2. The lowest BCUT2D eigenvalue weighted by atomic mass is 9.70. The van der Waals surface area contributed by atoms with Crippen LogP contribution in [0.1, 0.15) is 35.2 Å². The van der Waals surface area contributed by atoms with E-state index in [1.165, 1.54) is 19.3 Å². The zero-order valence-corrected chi connectivity index (χ0v) is 21.0. The van der Waals surface area contributed by atoms with Crippen molar-refractivity contribution >= 4 is 16.6 Å². The van der Waals surface area contributed by atoms with E-state index in [4.69, 9.17) is 19.9 Å². The number of benzene rings is 2. The molecular formula is C28H31NO9. The molecular weight excluding hydrogens is 494 g/mol. The minimum absolute atomic E-state index is 0.00277. The van der Waals surface area contributed by atoms with Crippen LogP contribution in [0.4, 0.5) is 0 Å². The molecule has 8 unspecified atom stereocenters. The van der Waals surface area contributed by atoms with Crippen LogP contribution in [0.25, 0.3) is 10.8 Å². The number of fused-ring (bicyclic) bond motifs is 5. The zero-order valence-electron chi connectivity index (χ0n) is 21.0. The number of aromatic hydroxyl groups is 1. The lowest BCUT2D eigenvalue weighted by Crippen LogP contribution is -2.67. The summed E-state index contributed by atoms with van der Waals surface area (Å²) in [7, 11) is 1.45. The maximum Gasteiger partial charge on any atom is 0.229 e. The van der Waals surface area contributed by atoms with Crippen molar-refractivity contribution in [3.8, 4) is 29.1 Å². The number of hydrogen-bond donors (Lipinski definition) is 6. The SMILES string of the molecule is COc1cc2c3c(O)c(c(C)cc3c1)C(=O)CC#CCC1CC(N)C=CC1(O)C1OC(O2)C(O)C(O)C1O. The number of Topliss-reactive ketones (excluding diaryl/α,β-unsaturated/α-hetero) is 1. The van der Waals surface area contributed by atoms with Gasteiger partial charge < -0.3 is 45.5 Å². The van der Waals surface area contributed by atoms with Crippen LogP contribution in [0.3, 0.4) is 0 Å². The van der Waals surface area contributed by atoms with Crippen LogP contribution < -0.4 is 15.2 Å². The van der Waals surface area contributed by atoms with Gasteiger partial charge in [0.2, 0.25) is 6.29 Å². The molecule has 0 saturated carbocycles. The first-order chi connectivity index (χ1) is 18.0. The van der Waals surface area contributed by atoms with Gasteiger partial charge in [0.15, 0.2) is 5.78 Å². The van der Waals surface area contributed by atoms with Crippen molar-refractivity contribution in [3.05, 3.63) is 41.5 Å². The highest BCUT2D eigenvalue weighted by Gasteiger charge is 2.56. The van der Waals surface area contributed by atoms with Gasteiger partial charge in [-0.25, -0.2) is 0 Å². The van der Waals surface area contributed by atoms with Gasteiger partial charge in [0.1, 0.15) is 47.3 Å². The van der Waals surface area contributed by atoms with Crippen molar-refractivity contribution in [3.63, 3.8) is 0 Å². The fraction of sp³-hybridized carbons (Fsp3) is 0.464. The molecule has 4 bridgehead atoms. The fourth-order valence-electron chi connectivity index (χ4n) is 5.62. The first kappa shape index (κ1) is 26.4. The molecule has 202 valence electrons. The predicted molar refractivity (Wildman–Crippen MR) is 136 cm³/mol. The monoisotopic (exact) mass is 525 g/mol. The van der Waals surface area contributed by atoms with Gasteiger partial charge in [0, 0.05) is 24.4 Å². The summed E-state index contributed by atoms with van der Waals surface area (Å²) in [6, 6.07) is 4.41. The first-order valence-electron chi connectivity index (χ1n) is 12.4. The average molecular weight is 526 g/mol. The number of carbonyl (C=O) groups is 1. The molecule has 2 aromatic carbocycles. The van der Waals surface area contributed by atoms with E-state index in [2.05, 4.69) is 11.8 Å². The summed E-state index contributed by atoms with van der Waals surface area (Å²) in [5.41, 5.74) is 4.88. The number of nitrogens with two attached hydrogens (primary N) is 1. The molecule has 0 aromatic heterocycles. The number of phenols is 1. The third kappa shape index (κ3) is 4.31. The molecule has 2 aromatic rings. The van der Waals surface area contributed by atoms with Gasteiger partial charge in [0.25, 0.3) is 0 Å². The lowest BCUT2D eigenvalue weighted by molar-refractivity contribution is -0.304. The number of aliphatic hydroxyl groups excluding tert-OH is 3. The fourth-order valence-corrected chi connectivity index (χ4v) is 5.62. The second kappa shape index (κ2) is 9.85. The molecule has 10 nitrogen and oxygen atoms in total. The van der Waals surface area contributed by atoms with Crippen LogP contribution in [0.2, 0.25) is 0 Å². The summed E-state index contributed by atoms with van der Waals surface area (Å²) < 4.78 is 17.4. The number of methoxy groups -OCH3 is 1. The summed E-state index contributed by atoms with van der Waals surface area (Å²) >= 11 is 0. The van der Waals surface area contributed by atoms with Crippen LogP contribution in [0.15, 0.2) is 30.4 Å². The Hall–Kier alpha value is -3.17. The Morgan fingerprint density at radius 3 is 2.63 bits per heavy atom. The Bertz CT molecular complexity index is 1360. The smallest absolute Gasteiger partial charge is 0.229 e. The zero-order chi connectivity index (χ0) is 27.4. The van der Waals surface area contributed by atoms with Gasteiger partial charge in [-0.3, -0.25) is 4.79 Å². The predicted octanol–water partition coefficient (Wildman–Crippen LogP) is 0.663. The van der Waals surface area contributed by atoms with Crippen molar-refractivity contribution in [1.29, 1.82) is 0 Å². The summed E-state index contributed by atoms with van der Waals surface area (Å²) in [6.07, 6.45) is -4.88. The van der Waals surface area contributed by atoms with E-state index < -0.39 is 48.0 Å². The maximum atomic E-state index is 13.1. The molecule has 7 N–H and O–H groups in total. The molecule has 2 heterocycles. The van der Waals surface area contributed by atoms with Crippen molar-refractivity contribution < 1.29 is 44.5 Å². The van der Waals surface area contributed by atoms with E-state index in [1.807, 2.05) is 0 Å². The summed E-state index contributed by atoms with van der Waals surface area (Å²) in [6.45, 7) is 1.69. The quantitative estimate of drug-likeness (QED) is 0.229. The Morgan fingerprint density at radius 1 is 1.13 bits per heavy atom. The molecule has 0 radical (unpaired) electrons. The first-order valence-corrected chi connectivity index (χ1v) is 12.4. The minimum atomic E-state index is -1.82. The molecule has 3 aliphatic rings. The molecule has 0 amide bonds. The van der Waals surface area contributed by atoms with Crippen molar-refractivity contribution in [2.45, 2.75) is 68.5 Å². The van der Waals surface area contributed by atoms with E-state index in [-0.39, 0.29) is 41.3 Å². The lowest BCUT2D eigenvalue weighted by Gasteiger charge is -2.49. The molecule has 2 aliphatic heterocycles. The highest BCUT2D eigenvalue weighted by Crippen LogP contribution is 2.44. The van der Waals surface area contributed by atoms with E-state index in [9.17, 15) is 30.3 Å². The van der Waals surface area contributed by atoms with Gasteiger partial charge in [0.05, 0.1) is 24.5 Å². The van der Waals surface area contributed by atoms with Crippen LogP contribution in [0, 0.1) is 24.7 Å². The number of ether oxygens (including phenoxy) is 3. The van der Waals surface area contributed by atoms with E-state index in [0.29, 0.717) is 23.1 Å². The molecule has 8 atom stereocenters. The van der Waals surface area contributed by atoms with Gasteiger partial charge in [-0.1, -0.05) is 24.1 Å². The largest absolute Gasteiger partial charge is 0.506 e. The minimum Gasteiger partial charge on any atom is -0.506 e. The molecule has 1 aliphatic carbocycles. The third-order valence-corrected chi connectivity index (χ3v) is 7.67. The van der Waals surface area contributed by atoms with E-state index in [1.54, 1.807) is 25.1 Å². The van der Waals surface area contributed by atoms with Crippen LogP contribution in [0.5, 0.6) is 17.2 Å². The van der Waals surface area contributed by atoms with Crippen LogP contribution >= 0.6 is 0 Å². The molecule has 1 saturated heterocycles. The highest BCUT2D eigenvalue weighted by atomic mass is 16.7. The van der Waals surface area contributed by atoms with Crippen molar-refractivity contribution in [2.75, 3.05) is 7.11 Å². The Balaban J connectivity index is 1.71. The molecule has 1 fully saturated rings. The van der Waals surface area contributed by atoms with Crippen LogP contribution in [-0.2, 0) is 4.74 Å². The van der Waals surface area contributed by atoms with Gasteiger partial charge >= 0.3 is 0 Å². The van der Waals surface area contributed by atoms with E-state index >= 15 is 0 Å².